The molecule has 8 nitrogen and oxygen atoms in total. The van der Waals surface area contributed by atoms with Crippen molar-refractivity contribution in [3.63, 3.8) is 0 Å². The number of nitrogens with one attached hydrogen (secondary N) is 2. The average Bonchev–Trinajstić information content (AvgIpc) is 3.42. The quantitative estimate of drug-likeness (QED) is 0.344. The van der Waals surface area contributed by atoms with Gasteiger partial charge in [0.05, 0.1) is 24.5 Å². The SMILES string of the molecule is Cc1c(-c2cnn(C)c2)nn(-c2ccccc2)c1NC(=O)NC1CCOc2ccc(SBr)cc21. The monoisotopic (exact) mass is 538 g/mol. The van der Waals surface area contributed by atoms with Gasteiger partial charge in [-0.2, -0.15) is 10.2 Å². The van der Waals surface area contributed by atoms with Crippen molar-refractivity contribution < 1.29 is 9.53 Å². The number of rotatable bonds is 5. The first-order chi connectivity index (χ1) is 16.5. The van der Waals surface area contributed by atoms with Gasteiger partial charge in [-0.1, -0.05) is 18.2 Å². The van der Waals surface area contributed by atoms with Crippen molar-refractivity contribution in [1.29, 1.82) is 0 Å². The van der Waals surface area contributed by atoms with Crippen LogP contribution >= 0.6 is 25.0 Å². The van der Waals surface area contributed by atoms with E-state index in [0.29, 0.717) is 18.8 Å². The predicted molar refractivity (Wildman–Crippen MR) is 137 cm³/mol. The Morgan fingerprint density at radius 3 is 2.79 bits per heavy atom. The zero-order valence-electron chi connectivity index (χ0n) is 18.7. The molecule has 1 aliphatic rings. The number of para-hydroxylation sites is 1. The van der Waals surface area contributed by atoms with Gasteiger partial charge >= 0.3 is 6.03 Å². The molecule has 0 aliphatic carbocycles. The van der Waals surface area contributed by atoms with Crippen LogP contribution in [0.15, 0.2) is 65.8 Å². The van der Waals surface area contributed by atoms with Crippen LogP contribution in [0.4, 0.5) is 10.6 Å². The van der Waals surface area contributed by atoms with Crippen LogP contribution in [-0.2, 0) is 7.05 Å². The number of carbonyl (C=O) groups is 1. The lowest BCUT2D eigenvalue weighted by Gasteiger charge is -2.27. The maximum atomic E-state index is 13.2. The molecule has 4 aromatic rings. The van der Waals surface area contributed by atoms with Gasteiger partial charge in [-0.3, -0.25) is 10.00 Å². The first kappa shape index (κ1) is 22.5. The van der Waals surface area contributed by atoms with Crippen molar-refractivity contribution in [1.82, 2.24) is 24.9 Å². The summed E-state index contributed by atoms with van der Waals surface area (Å²) in [7, 11) is 3.35. The lowest BCUT2D eigenvalue weighted by Crippen LogP contribution is -2.35. The minimum Gasteiger partial charge on any atom is -0.493 e. The number of hydrogen-bond acceptors (Lipinski definition) is 5. The Labute approximate surface area is 208 Å². The van der Waals surface area contributed by atoms with Crippen molar-refractivity contribution in [2.24, 2.45) is 7.05 Å². The highest BCUT2D eigenvalue weighted by Gasteiger charge is 2.25. The highest BCUT2D eigenvalue weighted by Crippen LogP contribution is 2.37. The van der Waals surface area contributed by atoms with E-state index < -0.39 is 0 Å². The summed E-state index contributed by atoms with van der Waals surface area (Å²) in [5.41, 5.74) is 4.33. The van der Waals surface area contributed by atoms with Crippen LogP contribution in [0.3, 0.4) is 0 Å². The summed E-state index contributed by atoms with van der Waals surface area (Å²) in [4.78, 5) is 14.2. The lowest BCUT2D eigenvalue weighted by atomic mass is 10.0. The Morgan fingerprint density at radius 2 is 2.06 bits per heavy atom. The van der Waals surface area contributed by atoms with E-state index in [1.54, 1.807) is 15.6 Å². The van der Waals surface area contributed by atoms with E-state index in [0.717, 1.165) is 38.7 Å². The Hall–Kier alpha value is -3.24. The zero-order chi connectivity index (χ0) is 23.7. The number of hydrogen-bond donors (Lipinski definition) is 2. The number of aryl methyl sites for hydroxylation is 1. The van der Waals surface area contributed by atoms with Crippen molar-refractivity contribution in [3.05, 3.63) is 72.1 Å². The summed E-state index contributed by atoms with van der Waals surface area (Å²) in [5.74, 6) is 1.41. The molecule has 2 amide bonds. The van der Waals surface area contributed by atoms with E-state index in [4.69, 9.17) is 9.84 Å². The molecule has 1 aliphatic heterocycles. The molecule has 0 saturated carbocycles. The smallest absolute Gasteiger partial charge is 0.320 e. The van der Waals surface area contributed by atoms with Crippen molar-refractivity contribution in [3.8, 4) is 22.7 Å². The molecular formula is C24H23BrN6O2S. The second-order valence-electron chi connectivity index (χ2n) is 8.04. The van der Waals surface area contributed by atoms with Crippen LogP contribution in [0.5, 0.6) is 5.75 Å². The standard InChI is InChI=1S/C24H23BrN6O2S/c1-15-22(16-13-26-30(2)14-16)29-31(17-6-4-3-5-7-17)23(15)28-24(32)27-20-10-11-33-21-9-8-18(34-25)12-19(20)21/h3-9,12-14,20H,10-11H2,1-2H3,(H2,27,28,32). The van der Waals surface area contributed by atoms with Crippen LogP contribution in [0.25, 0.3) is 16.9 Å². The zero-order valence-corrected chi connectivity index (χ0v) is 21.1. The number of halogens is 1. The molecule has 2 aromatic heterocycles. The number of carbonyl (C=O) groups excluding carboxylic acids is 1. The van der Waals surface area contributed by atoms with E-state index in [2.05, 4.69) is 30.5 Å². The predicted octanol–water partition coefficient (Wildman–Crippen LogP) is 5.63. The lowest BCUT2D eigenvalue weighted by molar-refractivity contribution is 0.232. The van der Waals surface area contributed by atoms with Crippen molar-refractivity contribution in [2.45, 2.75) is 24.3 Å². The van der Waals surface area contributed by atoms with E-state index in [9.17, 15) is 4.79 Å². The third kappa shape index (κ3) is 4.43. The second-order valence-corrected chi connectivity index (χ2v) is 9.63. The maximum absolute atomic E-state index is 13.2. The summed E-state index contributed by atoms with van der Waals surface area (Å²) in [5, 5.41) is 15.3. The molecule has 174 valence electrons. The molecule has 0 fully saturated rings. The number of fused-ring (bicyclic) bond motifs is 1. The molecule has 0 bridgehead atoms. The molecule has 0 spiro atoms. The number of amides is 2. The Balaban J connectivity index is 1.45. The fourth-order valence-corrected chi connectivity index (χ4v) is 4.98. The minimum atomic E-state index is -0.298. The first-order valence-electron chi connectivity index (χ1n) is 10.8. The molecule has 2 aromatic carbocycles. The third-order valence-electron chi connectivity index (χ3n) is 5.75. The van der Waals surface area contributed by atoms with E-state index >= 15 is 0 Å². The first-order valence-corrected chi connectivity index (χ1v) is 13.5. The Morgan fingerprint density at radius 1 is 1.24 bits per heavy atom. The van der Waals surface area contributed by atoms with Gasteiger partial charge in [0.25, 0.3) is 0 Å². The highest BCUT2D eigenvalue weighted by atomic mass is 79.9. The molecule has 1 unspecified atom stereocenters. The number of aromatic nitrogens is 4. The van der Waals surface area contributed by atoms with E-state index in [1.165, 1.54) is 10.2 Å². The molecule has 5 rings (SSSR count). The van der Waals surface area contributed by atoms with E-state index in [1.807, 2.05) is 68.7 Å². The van der Waals surface area contributed by atoms with Gasteiger partial charge < -0.3 is 10.1 Å². The fraction of sp³-hybridized carbons (Fsp3) is 0.208. The molecule has 3 heterocycles. The number of anilines is 1. The summed E-state index contributed by atoms with van der Waals surface area (Å²) in [6, 6.07) is 15.3. The average molecular weight is 539 g/mol. The van der Waals surface area contributed by atoms with Gasteiger partial charge in [0.2, 0.25) is 0 Å². The molecular weight excluding hydrogens is 516 g/mol. The summed E-state index contributed by atoms with van der Waals surface area (Å²) < 4.78 is 9.28. The summed E-state index contributed by atoms with van der Waals surface area (Å²) >= 11 is 3.42. The van der Waals surface area contributed by atoms with Crippen LogP contribution in [0.1, 0.15) is 23.6 Å². The topological polar surface area (TPSA) is 86.0 Å². The van der Waals surface area contributed by atoms with Crippen LogP contribution in [-0.4, -0.2) is 32.2 Å². The van der Waals surface area contributed by atoms with Crippen LogP contribution in [0, 0.1) is 6.92 Å². The number of nitrogens with zero attached hydrogens (tertiary/aromatic N) is 4. The Bertz CT molecular complexity index is 1340. The number of urea groups is 1. The normalized spacial score (nSPS) is 14.9. The fourth-order valence-electron chi connectivity index (χ4n) is 4.09. The largest absolute Gasteiger partial charge is 0.493 e. The minimum absolute atomic E-state index is 0.158. The summed E-state index contributed by atoms with van der Waals surface area (Å²) in [6.07, 6.45) is 4.37. The van der Waals surface area contributed by atoms with Gasteiger partial charge in [0.1, 0.15) is 17.3 Å². The molecule has 2 N–H and O–H groups in total. The second kappa shape index (κ2) is 9.55. The molecule has 0 radical (unpaired) electrons. The van der Waals surface area contributed by atoms with Crippen molar-refractivity contribution >= 4 is 36.9 Å². The Kier molecular flexibility index (Phi) is 6.34. The summed E-state index contributed by atoms with van der Waals surface area (Å²) in [6.45, 7) is 2.50. The molecule has 0 saturated heterocycles. The van der Waals surface area contributed by atoms with Crippen LogP contribution < -0.4 is 15.4 Å². The van der Waals surface area contributed by atoms with Gasteiger partial charge in [0, 0.05) is 41.3 Å². The molecule has 34 heavy (non-hydrogen) atoms. The third-order valence-corrected chi connectivity index (χ3v) is 7.30. The van der Waals surface area contributed by atoms with Gasteiger partial charge in [-0.05, 0) is 62.3 Å². The number of benzene rings is 2. The van der Waals surface area contributed by atoms with Crippen LogP contribution in [0.2, 0.25) is 0 Å². The van der Waals surface area contributed by atoms with Crippen molar-refractivity contribution in [2.75, 3.05) is 11.9 Å². The highest BCUT2D eigenvalue weighted by molar-refractivity contribution is 9.50. The van der Waals surface area contributed by atoms with E-state index in [-0.39, 0.29) is 12.1 Å². The molecule has 10 heteroatoms. The van der Waals surface area contributed by atoms with Gasteiger partial charge in [-0.15, -0.1) is 0 Å². The number of ether oxygens (including phenoxy) is 1. The maximum Gasteiger partial charge on any atom is 0.320 e. The molecule has 1 atom stereocenters. The van der Waals surface area contributed by atoms with Gasteiger partial charge in [-0.25, -0.2) is 9.48 Å². The van der Waals surface area contributed by atoms with Gasteiger partial charge in [0.15, 0.2) is 0 Å².